The molecule has 1 saturated heterocycles. The van der Waals surface area contributed by atoms with Crippen LogP contribution >= 0.6 is 0 Å². The molecule has 1 N–H and O–H groups in total. The van der Waals surface area contributed by atoms with Crippen molar-refractivity contribution in [2.24, 2.45) is 0 Å². The van der Waals surface area contributed by atoms with Crippen molar-refractivity contribution in [2.45, 2.75) is 32.2 Å². The molecule has 0 aromatic heterocycles. The van der Waals surface area contributed by atoms with Crippen LogP contribution in [0, 0.1) is 0 Å². The lowest BCUT2D eigenvalue weighted by Crippen LogP contribution is -2.24. The summed E-state index contributed by atoms with van der Waals surface area (Å²) in [5, 5.41) is 8.96. The minimum absolute atomic E-state index is 0.206. The zero-order chi connectivity index (χ0) is 7.02. The molecule has 1 aliphatic rings. The molecule has 0 aromatic rings. The Labute approximate surface area is 53.6 Å². The standard InChI is InChI=1S/C6H10O3/c1-3-5(7)6(8)4(2)9-3/h3-5,7H,1-2H3. The summed E-state index contributed by atoms with van der Waals surface area (Å²) in [7, 11) is 0. The first-order valence-corrected chi connectivity index (χ1v) is 3.00. The van der Waals surface area contributed by atoms with E-state index in [-0.39, 0.29) is 11.9 Å². The van der Waals surface area contributed by atoms with Gasteiger partial charge in [0.05, 0.1) is 6.10 Å². The summed E-state index contributed by atoms with van der Waals surface area (Å²) in [5.74, 6) is -0.206. The minimum atomic E-state index is -0.903. The highest BCUT2D eigenvalue weighted by Crippen LogP contribution is 2.15. The van der Waals surface area contributed by atoms with Gasteiger partial charge in [-0.1, -0.05) is 0 Å². The van der Waals surface area contributed by atoms with Gasteiger partial charge in [0.2, 0.25) is 0 Å². The van der Waals surface area contributed by atoms with Crippen molar-refractivity contribution in [1.82, 2.24) is 0 Å². The molecule has 3 nitrogen and oxygen atoms in total. The second-order valence-corrected chi connectivity index (χ2v) is 2.33. The van der Waals surface area contributed by atoms with Gasteiger partial charge in [0.1, 0.15) is 12.2 Å². The van der Waals surface area contributed by atoms with Gasteiger partial charge in [0.25, 0.3) is 0 Å². The smallest absolute Gasteiger partial charge is 0.192 e. The Balaban J connectivity index is 2.65. The van der Waals surface area contributed by atoms with Crippen LogP contribution in [0.2, 0.25) is 0 Å². The maximum atomic E-state index is 10.7. The Morgan fingerprint density at radius 1 is 1.56 bits per heavy atom. The van der Waals surface area contributed by atoms with Crippen LogP contribution in [-0.4, -0.2) is 29.2 Å². The number of rotatable bonds is 0. The van der Waals surface area contributed by atoms with E-state index in [0.717, 1.165) is 0 Å². The van der Waals surface area contributed by atoms with E-state index < -0.39 is 12.2 Å². The zero-order valence-corrected chi connectivity index (χ0v) is 5.50. The molecule has 1 aliphatic heterocycles. The van der Waals surface area contributed by atoms with E-state index in [9.17, 15) is 4.79 Å². The number of ether oxygens (including phenoxy) is 1. The summed E-state index contributed by atoms with van der Waals surface area (Å²) in [6, 6.07) is 0. The van der Waals surface area contributed by atoms with Gasteiger partial charge in [0, 0.05) is 0 Å². The fraction of sp³-hybridized carbons (Fsp3) is 0.833. The molecule has 0 spiro atoms. The topological polar surface area (TPSA) is 46.5 Å². The average Bonchev–Trinajstić information content (AvgIpc) is 1.98. The molecule has 9 heavy (non-hydrogen) atoms. The lowest BCUT2D eigenvalue weighted by Gasteiger charge is -2.02. The van der Waals surface area contributed by atoms with Crippen LogP contribution in [0.25, 0.3) is 0 Å². The van der Waals surface area contributed by atoms with Gasteiger partial charge in [-0.15, -0.1) is 0 Å². The lowest BCUT2D eigenvalue weighted by atomic mass is 10.1. The normalized spacial score (nSPS) is 43.9. The van der Waals surface area contributed by atoms with Crippen molar-refractivity contribution in [1.29, 1.82) is 0 Å². The number of hydrogen-bond acceptors (Lipinski definition) is 3. The number of carbonyl (C=O) groups is 1. The number of carbonyl (C=O) groups excluding carboxylic acids is 1. The average molecular weight is 130 g/mol. The summed E-state index contributed by atoms with van der Waals surface area (Å²) in [6.07, 6.45) is -1.65. The summed E-state index contributed by atoms with van der Waals surface area (Å²) < 4.78 is 4.99. The van der Waals surface area contributed by atoms with E-state index in [2.05, 4.69) is 0 Å². The molecule has 0 aromatic carbocycles. The molecule has 1 fully saturated rings. The van der Waals surface area contributed by atoms with Crippen LogP contribution < -0.4 is 0 Å². The number of aliphatic hydroxyl groups is 1. The van der Waals surface area contributed by atoms with Crippen molar-refractivity contribution < 1.29 is 14.6 Å². The predicted octanol–water partition coefficient (Wildman–Crippen LogP) is -0.276. The SMILES string of the molecule is CC1OC(C)C(O)C1=O. The highest BCUT2D eigenvalue weighted by molar-refractivity contribution is 5.89. The van der Waals surface area contributed by atoms with Gasteiger partial charge in [-0.25, -0.2) is 0 Å². The second-order valence-electron chi connectivity index (χ2n) is 2.33. The van der Waals surface area contributed by atoms with E-state index in [1.54, 1.807) is 13.8 Å². The Hall–Kier alpha value is -0.410. The molecule has 3 atom stereocenters. The van der Waals surface area contributed by atoms with Gasteiger partial charge in [-0.3, -0.25) is 4.79 Å². The van der Waals surface area contributed by atoms with Crippen molar-refractivity contribution in [3.63, 3.8) is 0 Å². The quantitative estimate of drug-likeness (QED) is 0.490. The molecule has 0 amide bonds. The van der Waals surface area contributed by atoms with Crippen molar-refractivity contribution in [2.75, 3.05) is 0 Å². The summed E-state index contributed by atoms with van der Waals surface area (Å²) in [4.78, 5) is 10.7. The fourth-order valence-corrected chi connectivity index (χ4v) is 0.935. The number of Topliss-reactive ketones (excluding diaryl/α,β-unsaturated/α-hetero) is 1. The first kappa shape index (κ1) is 6.71. The number of ketones is 1. The maximum absolute atomic E-state index is 10.7. The third-order valence-corrected chi connectivity index (χ3v) is 1.56. The summed E-state index contributed by atoms with van der Waals surface area (Å²) in [5.41, 5.74) is 0. The molecule has 3 unspecified atom stereocenters. The molecule has 1 heterocycles. The Kier molecular flexibility index (Phi) is 1.55. The molecule has 1 rings (SSSR count). The van der Waals surface area contributed by atoms with Gasteiger partial charge in [-0.2, -0.15) is 0 Å². The zero-order valence-electron chi connectivity index (χ0n) is 5.50. The predicted molar refractivity (Wildman–Crippen MR) is 31.0 cm³/mol. The van der Waals surface area contributed by atoms with Crippen LogP contribution in [0.3, 0.4) is 0 Å². The van der Waals surface area contributed by atoms with E-state index in [0.29, 0.717) is 0 Å². The Bertz CT molecular complexity index is 132. The molecule has 52 valence electrons. The van der Waals surface area contributed by atoms with E-state index >= 15 is 0 Å². The summed E-state index contributed by atoms with van der Waals surface area (Å²) >= 11 is 0. The first-order valence-electron chi connectivity index (χ1n) is 3.00. The van der Waals surface area contributed by atoms with E-state index in [1.807, 2.05) is 0 Å². The van der Waals surface area contributed by atoms with E-state index in [1.165, 1.54) is 0 Å². The Morgan fingerprint density at radius 2 is 2.11 bits per heavy atom. The van der Waals surface area contributed by atoms with Crippen LogP contribution in [0.15, 0.2) is 0 Å². The van der Waals surface area contributed by atoms with Gasteiger partial charge < -0.3 is 9.84 Å². The molecule has 3 heteroatoms. The lowest BCUT2D eigenvalue weighted by molar-refractivity contribution is -0.126. The molecular formula is C6H10O3. The molecule has 0 aliphatic carbocycles. The van der Waals surface area contributed by atoms with Crippen molar-refractivity contribution in [3.8, 4) is 0 Å². The first-order chi connectivity index (χ1) is 4.13. The van der Waals surface area contributed by atoms with Crippen LogP contribution in [0.1, 0.15) is 13.8 Å². The highest BCUT2D eigenvalue weighted by atomic mass is 16.5. The number of aliphatic hydroxyl groups excluding tert-OH is 1. The largest absolute Gasteiger partial charge is 0.382 e. The Morgan fingerprint density at radius 3 is 2.22 bits per heavy atom. The molecule has 0 saturated carbocycles. The minimum Gasteiger partial charge on any atom is -0.382 e. The third-order valence-electron chi connectivity index (χ3n) is 1.56. The van der Waals surface area contributed by atoms with E-state index in [4.69, 9.17) is 9.84 Å². The van der Waals surface area contributed by atoms with Crippen LogP contribution in [0.5, 0.6) is 0 Å². The molecule has 0 bridgehead atoms. The number of hydrogen-bond donors (Lipinski definition) is 1. The highest BCUT2D eigenvalue weighted by Gasteiger charge is 2.36. The maximum Gasteiger partial charge on any atom is 0.192 e. The van der Waals surface area contributed by atoms with Gasteiger partial charge >= 0.3 is 0 Å². The third kappa shape index (κ3) is 0.976. The van der Waals surface area contributed by atoms with Gasteiger partial charge in [0.15, 0.2) is 5.78 Å². The van der Waals surface area contributed by atoms with Crippen LogP contribution in [-0.2, 0) is 9.53 Å². The second kappa shape index (κ2) is 2.08. The van der Waals surface area contributed by atoms with Crippen molar-refractivity contribution >= 4 is 5.78 Å². The fourth-order valence-electron chi connectivity index (χ4n) is 0.935. The molecular weight excluding hydrogens is 120 g/mol. The molecule has 0 radical (unpaired) electrons. The van der Waals surface area contributed by atoms with Crippen LogP contribution in [0.4, 0.5) is 0 Å². The van der Waals surface area contributed by atoms with Gasteiger partial charge in [-0.05, 0) is 13.8 Å². The monoisotopic (exact) mass is 130 g/mol. The van der Waals surface area contributed by atoms with Crippen molar-refractivity contribution in [3.05, 3.63) is 0 Å². The summed E-state index contributed by atoms with van der Waals surface area (Å²) in [6.45, 7) is 3.33.